The SMILES string of the molecule is COCCS(=O)(=O)N(C)CC(=O)Nc1ccccc1SC. The monoisotopic (exact) mass is 332 g/mol. The summed E-state index contributed by atoms with van der Waals surface area (Å²) in [5.41, 5.74) is 0.678. The molecular formula is C13H20N2O4S2. The van der Waals surface area contributed by atoms with Crippen LogP contribution in [-0.2, 0) is 19.6 Å². The molecule has 1 aromatic rings. The minimum atomic E-state index is -3.48. The highest BCUT2D eigenvalue weighted by molar-refractivity contribution is 7.98. The van der Waals surface area contributed by atoms with Crippen molar-refractivity contribution in [2.24, 2.45) is 0 Å². The molecule has 0 saturated carbocycles. The number of benzene rings is 1. The van der Waals surface area contributed by atoms with E-state index in [1.165, 1.54) is 25.9 Å². The molecule has 1 aromatic carbocycles. The fourth-order valence-electron chi connectivity index (χ4n) is 1.58. The normalized spacial score (nSPS) is 11.6. The van der Waals surface area contributed by atoms with E-state index in [1.54, 1.807) is 6.07 Å². The summed E-state index contributed by atoms with van der Waals surface area (Å²) in [6, 6.07) is 7.36. The van der Waals surface area contributed by atoms with Crippen molar-refractivity contribution in [1.82, 2.24) is 4.31 Å². The second-order valence-corrected chi connectivity index (χ2v) is 7.36. The molecule has 21 heavy (non-hydrogen) atoms. The third-order valence-electron chi connectivity index (χ3n) is 2.77. The first-order valence-corrected chi connectivity index (χ1v) is 9.10. The van der Waals surface area contributed by atoms with Crippen LogP contribution in [0.4, 0.5) is 5.69 Å². The first-order valence-electron chi connectivity index (χ1n) is 6.26. The minimum absolute atomic E-state index is 0.101. The molecule has 8 heteroatoms. The molecule has 0 aliphatic rings. The smallest absolute Gasteiger partial charge is 0.239 e. The Bertz CT molecular complexity index is 575. The molecule has 0 aromatic heterocycles. The van der Waals surface area contributed by atoms with Crippen molar-refractivity contribution in [3.8, 4) is 0 Å². The Hall–Kier alpha value is -1.09. The number of nitrogens with zero attached hydrogens (tertiary/aromatic N) is 1. The molecule has 0 aliphatic carbocycles. The Kier molecular flexibility index (Phi) is 7.16. The molecule has 1 N–H and O–H groups in total. The number of para-hydroxylation sites is 1. The molecule has 0 radical (unpaired) electrons. The van der Waals surface area contributed by atoms with Gasteiger partial charge in [0.15, 0.2) is 0 Å². The number of hydrogen-bond donors (Lipinski definition) is 1. The molecule has 0 fully saturated rings. The lowest BCUT2D eigenvalue weighted by molar-refractivity contribution is -0.116. The fraction of sp³-hybridized carbons (Fsp3) is 0.462. The number of nitrogens with one attached hydrogen (secondary N) is 1. The van der Waals surface area contributed by atoms with Gasteiger partial charge in [0.25, 0.3) is 0 Å². The largest absolute Gasteiger partial charge is 0.384 e. The number of likely N-dealkylation sites (N-methyl/N-ethyl adjacent to an activating group) is 1. The summed E-state index contributed by atoms with van der Waals surface area (Å²) >= 11 is 1.51. The van der Waals surface area contributed by atoms with Crippen molar-refractivity contribution in [1.29, 1.82) is 0 Å². The summed E-state index contributed by atoms with van der Waals surface area (Å²) in [5, 5.41) is 2.72. The number of anilines is 1. The quantitative estimate of drug-likeness (QED) is 0.725. The minimum Gasteiger partial charge on any atom is -0.384 e. The van der Waals surface area contributed by atoms with Crippen LogP contribution >= 0.6 is 11.8 Å². The van der Waals surface area contributed by atoms with Crippen molar-refractivity contribution in [3.05, 3.63) is 24.3 Å². The van der Waals surface area contributed by atoms with E-state index >= 15 is 0 Å². The van der Waals surface area contributed by atoms with Crippen LogP contribution in [0.15, 0.2) is 29.2 Å². The Balaban J connectivity index is 2.65. The standard InChI is InChI=1S/C13H20N2O4S2/c1-15(21(17,18)9-8-19-2)10-13(16)14-11-6-4-5-7-12(11)20-3/h4-7H,8-10H2,1-3H3,(H,14,16). The van der Waals surface area contributed by atoms with Crippen LogP contribution in [0, 0.1) is 0 Å². The zero-order chi connectivity index (χ0) is 15.9. The second kappa shape index (κ2) is 8.38. The van der Waals surface area contributed by atoms with E-state index in [2.05, 4.69) is 5.32 Å². The lowest BCUT2D eigenvalue weighted by Crippen LogP contribution is -2.37. The van der Waals surface area contributed by atoms with E-state index < -0.39 is 10.0 Å². The van der Waals surface area contributed by atoms with Crippen molar-refractivity contribution < 1.29 is 17.9 Å². The highest BCUT2D eigenvalue weighted by atomic mass is 32.2. The molecule has 0 unspecified atom stereocenters. The lowest BCUT2D eigenvalue weighted by atomic mass is 10.3. The molecule has 6 nitrogen and oxygen atoms in total. The third-order valence-corrected chi connectivity index (χ3v) is 5.32. The molecule has 0 bridgehead atoms. The maximum absolute atomic E-state index is 12.0. The highest BCUT2D eigenvalue weighted by Gasteiger charge is 2.20. The van der Waals surface area contributed by atoms with Crippen LogP contribution in [0.2, 0.25) is 0 Å². The van der Waals surface area contributed by atoms with E-state index in [0.717, 1.165) is 9.20 Å². The number of amides is 1. The maximum atomic E-state index is 12.0. The maximum Gasteiger partial charge on any atom is 0.239 e. The molecular weight excluding hydrogens is 312 g/mol. The predicted molar refractivity (Wildman–Crippen MR) is 85.1 cm³/mol. The van der Waals surface area contributed by atoms with Gasteiger partial charge in [0.2, 0.25) is 15.9 Å². The van der Waals surface area contributed by atoms with Crippen LogP contribution in [0.3, 0.4) is 0 Å². The number of hydrogen-bond acceptors (Lipinski definition) is 5. The van der Waals surface area contributed by atoms with E-state index in [9.17, 15) is 13.2 Å². The van der Waals surface area contributed by atoms with Crippen molar-refractivity contribution in [3.63, 3.8) is 0 Å². The number of carbonyl (C=O) groups excluding carboxylic acids is 1. The number of thioether (sulfide) groups is 1. The van der Waals surface area contributed by atoms with Crippen molar-refractivity contribution in [2.75, 3.05) is 44.6 Å². The van der Waals surface area contributed by atoms with E-state index in [4.69, 9.17) is 4.74 Å². The third kappa shape index (κ3) is 5.66. The summed E-state index contributed by atoms with van der Waals surface area (Å²) in [7, 11) is -0.671. The second-order valence-electron chi connectivity index (χ2n) is 4.31. The van der Waals surface area contributed by atoms with Crippen LogP contribution < -0.4 is 5.32 Å². The van der Waals surface area contributed by atoms with Gasteiger partial charge in [-0.15, -0.1) is 11.8 Å². The van der Waals surface area contributed by atoms with Gasteiger partial charge in [-0.2, -0.15) is 4.31 Å². The zero-order valence-electron chi connectivity index (χ0n) is 12.3. The van der Waals surface area contributed by atoms with Gasteiger partial charge in [-0.05, 0) is 18.4 Å². The van der Waals surface area contributed by atoms with E-state index in [1.807, 2.05) is 24.5 Å². The van der Waals surface area contributed by atoms with Gasteiger partial charge in [-0.25, -0.2) is 8.42 Å². The van der Waals surface area contributed by atoms with Gasteiger partial charge in [0.05, 0.1) is 24.6 Å². The summed E-state index contributed by atoms with van der Waals surface area (Å²) < 4.78 is 29.5. The van der Waals surface area contributed by atoms with Gasteiger partial charge in [0.1, 0.15) is 0 Å². The fourth-order valence-corrected chi connectivity index (χ4v) is 3.14. The van der Waals surface area contributed by atoms with Gasteiger partial charge >= 0.3 is 0 Å². The molecule has 1 rings (SSSR count). The van der Waals surface area contributed by atoms with Crippen molar-refractivity contribution >= 4 is 33.4 Å². The molecule has 0 heterocycles. The molecule has 0 saturated heterocycles. The molecule has 118 valence electrons. The number of ether oxygens (including phenoxy) is 1. The van der Waals surface area contributed by atoms with Crippen molar-refractivity contribution in [2.45, 2.75) is 4.90 Å². The Morgan fingerprint density at radius 3 is 2.67 bits per heavy atom. The first-order chi connectivity index (χ1) is 9.90. The van der Waals surface area contributed by atoms with Gasteiger partial charge in [0, 0.05) is 19.1 Å². The average molecular weight is 332 g/mol. The van der Waals surface area contributed by atoms with Crippen LogP contribution in [0.1, 0.15) is 0 Å². The lowest BCUT2D eigenvalue weighted by Gasteiger charge is -2.17. The molecule has 0 spiro atoms. The van der Waals surface area contributed by atoms with Crippen LogP contribution in [-0.4, -0.2) is 57.9 Å². The summed E-state index contributed by atoms with van der Waals surface area (Å²) in [4.78, 5) is 12.9. The number of rotatable bonds is 8. The molecule has 1 amide bonds. The van der Waals surface area contributed by atoms with E-state index in [0.29, 0.717) is 5.69 Å². The zero-order valence-corrected chi connectivity index (χ0v) is 14.0. The van der Waals surface area contributed by atoms with Crippen LogP contribution in [0.5, 0.6) is 0 Å². The summed E-state index contributed by atoms with van der Waals surface area (Å²) in [6.45, 7) is -0.127. The van der Waals surface area contributed by atoms with Gasteiger partial charge in [-0.3, -0.25) is 4.79 Å². The van der Waals surface area contributed by atoms with Crippen LogP contribution in [0.25, 0.3) is 0 Å². The molecule has 0 aliphatic heterocycles. The number of carbonyl (C=O) groups is 1. The topological polar surface area (TPSA) is 75.7 Å². The highest BCUT2D eigenvalue weighted by Crippen LogP contribution is 2.24. The Labute approximate surface area is 129 Å². The summed E-state index contributed by atoms with van der Waals surface area (Å²) in [6.07, 6.45) is 1.91. The number of methoxy groups -OCH3 is 1. The average Bonchev–Trinajstić information content (AvgIpc) is 2.45. The number of sulfonamides is 1. The predicted octanol–water partition coefficient (Wildman–Crippen LogP) is 1.26. The van der Waals surface area contributed by atoms with Gasteiger partial charge < -0.3 is 10.1 Å². The van der Waals surface area contributed by atoms with E-state index in [-0.39, 0.29) is 24.8 Å². The first kappa shape index (κ1) is 18.0. The summed E-state index contributed by atoms with van der Waals surface area (Å²) in [5.74, 6) is -0.519. The Morgan fingerprint density at radius 2 is 2.05 bits per heavy atom. The van der Waals surface area contributed by atoms with Gasteiger partial charge in [-0.1, -0.05) is 12.1 Å². The Morgan fingerprint density at radius 1 is 1.38 bits per heavy atom. The molecule has 0 atom stereocenters.